The molecule has 0 aliphatic heterocycles. The fraction of sp³-hybridized carbons (Fsp3) is 0.308. The van der Waals surface area contributed by atoms with Gasteiger partial charge in [-0.1, -0.05) is 13.3 Å². The van der Waals surface area contributed by atoms with Crippen molar-refractivity contribution in [3.8, 4) is 5.75 Å². The van der Waals surface area contributed by atoms with Crippen LogP contribution in [0.25, 0.3) is 0 Å². The minimum absolute atomic E-state index is 0.220. The molecule has 16 heavy (non-hydrogen) atoms. The molecule has 3 heteroatoms. The van der Waals surface area contributed by atoms with E-state index in [-0.39, 0.29) is 5.78 Å². The molecule has 1 N–H and O–H groups in total. The minimum Gasteiger partial charge on any atom is -0.515 e. The fourth-order valence-electron chi connectivity index (χ4n) is 1.21. The Morgan fingerprint density at radius 2 is 2.06 bits per heavy atom. The molecule has 0 radical (unpaired) electrons. The second-order valence-electron chi connectivity index (χ2n) is 3.41. The molecule has 0 aliphatic carbocycles. The number of benzene rings is 1. The second-order valence-corrected chi connectivity index (χ2v) is 3.41. The Balaban J connectivity index is 2.57. The molecular weight excluding hydrogens is 204 g/mol. The number of aliphatic hydroxyl groups is 1. The van der Waals surface area contributed by atoms with Gasteiger partial charge in [0.15, 0.2) is 5.78 Å². The molecule has 0 spiro atoms. The first kappa shape index (κ1) is 12.3. The van der Waals surface area contributed by atoms with Crippen LogP contribution in [-0.2, 0) is 0 Å². The number of carbonyl (C=O) groups is 1. The third-order valence-electron chi connectivity index (χ3n) is 2.13. The lowest BCUT2D eigenvalue weighted by Gasteiger charge is -2.05. The first-order valence-electron chi connectivity index (χ1n) is 5.36. The highest BCUT2D eigenvalue weighted by Gasteiger charge is 2.01. The quantitative estimate of drug-likeness (QED) is 0.347. The van der Waals surface area contributed by atoms with Gasteiger partial charge in [0.2, 0.25) is 0 Å². The summed E-state index contributed by atoms with van der Waals surface area (Å²) in [5.74, 6) is 0.542. The molecule has 0 fully saturated rings. The zero-order valence-corrected chi connectivity index (χ0v) is 9.35. The number of rotatable bonds is 6. The molecule has 0 bridgehead atoms. The summed E-state index contributed by atoms with van der Waals surface area (Å²) in [6, 6.07) is 6.88. The number of ether oxygens (including phenoxy) is 1. The maximum atomic E-state index is 11.3. The van der Waals surface area contributed by atoms with E-state index in [0.29, 0.717) is 12.2 Å². The molecule has 0 aliphatic rings. The largest absolute Gasteiger partial charge is 0.515 e. The topological polar surface area (TPSA) is 46.5 Å². The third-order valence-corrected chi connectivity index (χ3v) is 2.13. The van der Waals surface area contributed by atoms with E-state index >= 15 is 0 Å². The van der Waals surface area contributed by atoms with Crippen LogP contribution >= 0.6 is 0 Å². The molecule has 0 saturated heterocycles. The average Bonchev–Trinajstić information content (AvgIpc) is 2.30. The van der Waals surface area contributed by atoms with Gasteiger partial charge in [-0.2, -0.15) is 0 Å². The van der Waals surface area contributed by atoms with Crippen molar-refractivity contribution in [1.29, 1.82) is 0 Å². The highest BCUT2D eigenvalue weighted by molar-refractivity contribution is 6.04. The number of aliphatic hydroxyl groups excluding tert-OH is 1. The Morgan fingerprint density at radius 1 is 1.38 bits per heavy atom. The van der Waals surface area contributed by atoms with Crippen LogP contribution in [0.15, 0.2) is 36.6 Å². The number of allylic oxidation sites excluding steroid dienone is 1. The van der Waals surface area contributed by atoms with Crippen molar-refractivity contribution in [3.63, 3.8) is 0 Å². The number of ketones is 1. The lowest BCUT2D eigenvalue weighted by Crippen LogP contribution is -1.98. The predicted molar refractivity (Wildman–Crippen MR) is 62.9 cm³/mol. The van der Waals surface area contributed by atoms with Gasteiger partial charge in [0.25, 0.3) is 0 Å². The highest BCUT2D eigenvalue weighted by atomic mass is 16.5. The number of carbonyl (C=O) groups excluding carboxylic acids is 1. The molecule has 1 aromatic carbocycles. The average molecular weight is 220 g/mol. The number of hydrogen-bond donors (Lipinski definition) is 1. The summed E-state index contributed by atoms with van der Waals surface area (Å²) in [4.78, 5) is 11.3. The lowest BCUT2D eigenvalue weighted by atomic mass is 10.1. The molecule has 1 aromatic rings. The van der Waals surface area contributed by atoms with E-state index in [0.717, 1.165) is 30.9 Å². The molecule has 3 nitrogen and oxygen atoms in total. The van der Waals surface area contributed by atoms with E-state index in [1.807, 2.05) is 0 Å². The molecule has 0 unspecified atom stereocenters. The van der Waals surface area contributed by atoms with Crippen molar-refractivity contribution in [3.05, 3.63) is 42.2 Å². The standard InChI is InChI=1S/C13H16O3/c1-2-3-10-16-12-6-4-11(5-7-12)13(15)8-9-14/h4-9,14H,2-3,10H2,1H3/b9-8+. The Morgan fingerprint density at radius 3 is 2.62 bits per heavy atom. The lowest BCUT2D eigenvalue weighted by molar-refractivity contribution is 0.104. The van der Waals surface area contributed by atoms with Gasteiger partial charge in [-0.3, -0.25) is 4.79 Å². The number of hydrogen-bond acceptors (Lipinski definition) is 3. The molecular formula is C13H16O3. The Hall–Kier alpha value is -1.77. The van der Waals surface area contributed by atoms with Gasteiger partial charge in [0.05, 0.1) is 12.9 Å². The van der Waals surface area contributed by atoms with Crippen LogP contribution in [0.1, 0.15) is 30.1 Å². The third kappa shape index (κ3) is 3.77. The van der Waals surface area contributed by atoms with E-state index in [2.05, 4.69) is 6.92 Å². The summed E-state index contributed by atoms with van der Waals surface area (Å²) in [7, 11) is 0. The Labute approximate surface area is 95.4 Å². The van der Waals surface area contributed by atoms with E-state index in [4.69, 9.17) is 9.84 Å². The zero-order chi connectivity index (χ0) is 11.8. The molecule has 0 amide bonds. The summed E-state index contributed by atoms with van der Waals surface area (Å²) in [6.45, 7) is 2.80. The number of unbranched alkanes of at least 4 members (excludes halogenated alkanes) is 1. The van der Waals surface area contributed by atoms with Crippen LogP contribution in [0, 0.1) is 0 Å². The normalized spacial score (nSPS) is 10.6. The second kappa shape index (κ2) is 6.67. The predicted octanol–water partition coefficient (Wildman–Crippen LogP) is 3.12. The van der Waals surface area contributed by atoms with Crippen molar-refractivity contribution in [2.45, 2.75) is 19.8 Å². The molecule has 86 valence electrons. The van der Waals surface area contributed by atoms with Gasteiger partial charge in [0.1, 0.15) is 5.75 Å². The molecule has 0 aromatic heterocycles. The van der Waals surface area contributed by atoms with Gasteiger partial charge in [-0.25, -0.2) is 0 Å². The van der Waals surface area contributed by atoms with Crippen LogP contribution < -0.4 is 4.74 Å². The van der Waals surface area contributed by atoms with Crippen LogP contribution in [0.2, 0.25) is 0 Å². The van der Waals surface area contributed by atoms with Crippen molar-refractivity contribution in [2.24, 2.45) is 0 Å². The van der Waals surface area contributed by atoms with E-state index < -0.39 is 0 Å². The molecule has 0 heterocycles. The molecule has 1 rings (SSSR count). The van der Waals surface area contributed by atoms with Gasteiger partial charge >= 0.3 is 0 Å². The van der Waals surface area contributed by atoms with Gasteiger partial charge in [0, 0.05) is 11.6 Å². The maximum Gasteiger partial charge on any atom is 0.188 e. The van der Waals surface area contributed by atoms with E-state index in [1.165, 1.54) is 0 Å². The SMILES string of the molecule is CCCCOc1ccc(C(=O)/C=C/O)cc1. The summed E-state index contributed by atoms with van der Waals surface area (Å²) in [6.07, 6.45) is 3.98. The van der Waals surface area contributed by atoms with Crippen molar-refractivity contribution >= 4 is 5.78 Å². The summed E-state index contributed by atoms with van der Waals surface area (Å²) in [5, 5.41) is 8.47. The Bertz CT molecular complexity index is 352. The highest BCUT2D eigenvalue weighted by Crippen LogP contribution is 2.13. The smallest absolute Gasteiger partial charge is 0.188 e. The molecule has 0 atom stereocenters. The van der Waals surface area contributed by atoms with E-state index in [1.54, 1.807) is 24.3 Å². The Kier molecular flexibility index (Phi) is 5.12. The van der Waals surface area contributed by atoms with Crippen molar-refractivity contribution in [2.75, 3.05) is 6.61 Å². The van der Waals surface area contributed by atoms with Gasteiger partial charge in [-0.15, -0.1) is 0 Å². The zero-order valence-electron chi connectivity index (χ0n) is 9.35. The summed E-state index contributed by atoms with van der Waals surface area (Å²) in [5.41, 5.74) is 0.535. The van der Waals surface area contributed by atoms with Crippen LogP contribution in [0.3, 0.4) is 0 Å². The maximum absolute atomic E-state index is 11.3. The first-order valence-corrected chi connectivity index (χ1v) is 5.36. The van der Waals surface area contributed by atoms with Gasteiger partial charge < -0.3 is 9.84 Å². The monoisotopic (exact) mass is 220 g/mol. The minimum atomic E-state index is -0.220. The van der Waals surface area contributed by atoms with Crippen LogP contribution in [0.5, 0.6) is 5.75 Å². The summed E-state index contributed by atoms with van der Waals surface area (Å²) < 4.78 is 5.46. The van der Waals surface area contributed by atoms with E-state index in [9.17, 15) is 4.79 Å². The molecule has 0 saturated carbocycles. The van der Waals surface area contributed by atoms with Crippen LogP contribution in [0.4, 0.5) is 0 Å². The first-order chi connectivity index (χ1) is 7.77. The van der Waals surface area contributed by atoms with Crippen molar-refractivity contribution in [1.82, 2.24) is 0 Å². The summed E-state index contributed by atoms with van der Waals surface area (Å²) >= 11 is 0. The van der Waals surface area contributed by atoms with Gasteiger partial charge in [-0.05, 0) is 30.7 Å². The van der Waals surface area contributed by atoms with Crippen LogP contribution in [-0.4, -0.2) is 17.5 Å². The fourth-order valence-corrected chi connectivity index (χ4v) is 1.21. The van der Waals surface area contributed by atoms with Crippen molar-refractivity contribution < 1.29 is 14.6 Å².